The van der Waals surface area contributed by atoms with Gasteiger partial charge in [0, 0.05) is 31.6 Å². The van der Waals surface area contributed by atoms with Gasteiger partial charge in [0.25, 0.3) is 11.8 Å². The molecule has 0 aliphatic carbocycles. The summed E-state index contributed by atoms with van der Waals surface area (Å²) in [6.45, 7) is 2.72. The zero-order valence-electron chi connectivity index (χ0n) is 15.1. The summed E-state index contributed by atoms with van der Waals surface area (Å²) in [5.41, 5.74) is 0.969. The first-order valence-corrected chi connectivity index (χ1v) is 11.2. The van der Waals surface area contributed by atoms with Gasteiger partial charge in [-0.05, 0) is 36.6 Å². The third-order valence-corrected chi connectivity index (χ3v) is 7.39. The van der Waals surface area contributed by atoms with Crippen molar-refractivity contribution in [3.63, 3.8) is 0 Å². The Labute approximate surface area is 166 Å². The van der Waals surface area contributed by atoms with Crippen molar-refractivity contribution in [3.05, 3.63) is 40.6 Å². The number of nitrogens with zero attached hydrogens (tertiary/aromatic N) is 2. The van der Waals surface area contributed by atoms with Gasteiger partial charge in [0.15, 0.2) is 6.10 Å². The number of hydrogen-bond acceptors (Lipinski definition) is 6. The van der Waals surface area contributed by atoms with Crippen LogP contribution in [0.1, 0.15) is 17.3 Å². The number of carbonyl (C=O) groups excluding carboxylic acids is 2. The van der Waals surface area contributed by atoms with E-state index in [1.54, 1.807) is 29.3 Å². The van der Waals surface area contributed by atoms with Crippen LogP contribution in [0.25, 0.3) is 0 Å². The Morgan fingerprint density at radius 2 is 1.96 bits per heavy atom. The van der Waals surface area contributed by atoms with Crippen LogP contribution in [0.4, 0.5) is 5.69 Å². The third-order valence-electron chi connectivity index (χ3n) is 4.81. The number of ether oxygens (including phenoxy) is 1. The highest BCUT2D eigenvalue weighted by molar-refractivity contribution is 7.89. The summed E-state index contributed by atoms with van der Waals surface area (Å²) < 4.78 is 32.8. The summed E-state index contributed by atoms with van der Waals surface area (Å²) in [5.74, 6) is 0.0425. The van der Waals surface area contributed by atoms with Crippen LogP contribution in [0.2, 0.25) is 0 Å². The predicted octanol–water partition coefficient (Wildman–Crippen LogP) is 1.61. The lowest BCUT2D eigenvalue weighted by atomic mass is 10.2. The molecule has 1 atom stereocenters. The molecule has 2 aliphatic rings. The largest absolute Gasteiger partial charge is 0.479 e. The second-order valence-corrected chi connectivity index (χ2v) is 9.33. The summed E-state index contributed by atoms with van der Waals surface area (Å²) in [7, 11) is -3.74. The number of anilines is 1. The van der Waals surface area contributed by atoms with Crippen molar-refractivity contribution in [1.29, 1.82) is 0 Å². The van der Waals surface area contributed by atoms with E-state index in [1.165, 1.54) is 27.8 Å². The summed E-state index contributed by atoms with van der Waals surface area (Å²) in [6, 6.07) is 6.20. The van der Waals surface area contributed by atoms with Gasteiger partial charge < -0.3 is 15.0 Å². The maximum absolute atomic E-state index is 13.0. The lowest BCUT2D eigenvalue weighted by molar-refractivity contribution is -0.122. The first-order chi connectivity index (χ1) is 13.4. The van der Waals surface area contributed by atoms with Gasteiger partial charge in [-0.1, -0.05) is 0 Å². The molecule has 1 fully saturated rings. The van der Waals surface area contributed by atoms with E-state index in [0.717, 1.165) is 0 Å². The Balaban J connectivity index is 1.48. The molecule has 1 N–H and O–H groups in total. The fraction of sp³-hybridized carbons (Fsp3) is 0.333. The summed E-state index contributed by atoms with van der Waals surface area (Å²) in [5, 5.41) is 6.29. The molecule has 0 radical (unpaired) electrons. The van der Waals surface area contributed by atoms with E-state index in [4.69, 9.17) is 4.74 Å². The average Bonchev–Trinajstić information content (AvgIpc) is 3.23. The fourth-order valence-corrected chi connectivity index (χ4v) is 5.28. The van der Waals surface area contributed by atoms with Gasteiger partial charge in [-0.2, -0.15) is 15.6 Å². The van der Waals surface area contributed by atoms with Gasteiger partial charge in [0.1, 0.15) is 5.75 Å². The van der Waals surface area contributed by atoms with Crippen molar-refractivity contribution in [3.8, 4) is 5.75 Å². The monoisotopic (exact) mass is 421 g/mol. The highest BCUT2D eigenvalue weighted by atomic mass is 32.2. The molecule has 4 rings (SSSR count). The topological polar surface area (TPSA) is 96.0 Å². The van der Waals surface area contributed by atoms with Gasteiger partial charge in [0.2, 0.25) is 10.0 Å². The molecule has 1 aromatic carbocycles. The molecular formula is C18H19N3O5S2. The van der Waals surface area contributed by atoms with Gasteiger partial charge in [-0.15, -0.1) is 0 Å². The molecule has 2 amide bonds. The number of rotatable bonds is 3. The second kappa shape index (κ2) is 7.19. The summed E-state index contributed by atoms with van der Waals surface area (Å²) >= 11 is 1.45. The minimum atomic E-state index is -3.74. The lowest BCUT2D eigenvalue weighted by Crippen LogP contribution is -2.50. The standard InChI is InChI=1S/C18H19N3O5S2/c1-12-17(22)19-15-10-14(2-3-16(15)26-12)28(24,25)21-7-5-20(6-8-21)18(23)13-4-9-27-11-13/h2-4,9-12H,5-8H2,1H3,(H,19,22). The molecule has 28 heavy (non-hydrogen) atoms. The van der Waals surface area contributed by atoms with Crippen molar-refractivity contribution in [2.24, 2.45) is 0 Å². The number of amides is 2. The van der Waals surface area contributed by atoms with E-state index in [1.807, 2.05) is 5.38 Å². The zero-order valence-corrected chi connectivity index (χ0v) is 16.8. The number of thiophene rings is 1. The zero-order chi connectivity index (χ0) is 19.9. The summed E-state index contributed by atoms with van der Waals surface area (Å²) in [6.07, 6.45) is -0.621. The Bertz CT molecular complexity index is 1010. The molecule has 148 valence electrons. The number of nitrogens with one attached hydrogen (secondary N) is 1. The number of carbonyl (C=O) groups is 2. The van der Waals surface area contributed by atoms with Crippen molar-refractivity contribution in [1.82, 2.24) is 9.21 Å². The SMILES string of the molecule is CC1Oc2ccc(S(=O)(=O)N3CCN(C(=O)c4ccsc4)CC3)cc2NC1=O. The van der Waals surface area contributed by atoms with Crippen molar-refractivity contribution >= 4 is 38.9 Å². The smallest absolute Gasteiger partial charge is 0.265 e. The highest BCUT2D eigenvalue weighted by Crippen LogP contribution is 2.33. The minimum absolute atomic E-state index is 0.0824. The first-order valence-electron chi connectivity index (χ1n) is 8.79. The number of benzene rings is 1. The van der Waals surface area contributed by atoms with Crippen LogP contribution < -0.4 is 10.1 Å². The molecule has 1 unspecified atom stereocenters. The van der Waals surface area contributed by atoms with Crippen LogP contribution in [-0.2, 0) is 14.8 Å². The molecule has 8 nitrogen and oxygen atoms in total. The fourth-order valence-electron chi connectivity index (χ4n) is 3.20. The quantitative estimate of drug-likeness (QED) is 0.812. The Morgan fingerprint density at radius 1 is 1.21 bits per heavy atom. The molecule has 3 heterocycles. The van der Waals surface area contributed by atoms with Crippen LogP contribution in [0, 0.1) is 0 Å². The van der Waals surface area contributed by atoms with E-state index < -0.39 is 16.1 Å². The van der Waals surface area contributed by atoms with Crippen LogP contribution in [0.3, 0.4) is 0 Å². The van der Waals surface area contributed by atoms with Crippen LogP contribution in [-0.4, -0.2) is 61.7 Å². The maximum Gasteiger partial charge on any atom is 0.265 e. The molecule has 2 aliphatic heterocycles. The van der Waals surface area contributed by atoms with Crippen molar-refractivity contribution < 1.29 is 22.7 Å². The molecule has 0 bridgehead atoms. The number of piperazine rings is 1. The van der Waals surface area contributed by atoms with E-state index >= 15 is 0 Å². The van der Waals surface area contributed by atoms with Crippen LogP contribution in [0.5, 0.6) is 5.75 Å². The molecule has 1 saturated heterocycles. The highest BCUT2D eigenvalue weighted by Gasteiger charge is 2.32. The normalized spacial score (nSPS) is 20.2. The van der Waals surface area contributed by atoms with E-state index in [9.17, 15) is 18.0 Å². The first kappa shape index (κ1) is 18.9. The molecule has 10 heteroatoms. The molecule has 1 aromatic heterocycles. The van der Waals surface area contributed by atoms with Gasteiger partial charge >= 0.3 is 0 Å². The average molecular weight is 422 g/mol. The van der Waals surface area contributed by atoms with E-state index in [2.05, 4.69) is 5.32 Å². The van der Waals surface area contributed by atoms with Crippen molar-refractivity contribution in [2.75, 3.05) is 31.5 Å². The van der Waals surface area contributed by atoms with Gasteiger partial charge in [-0.3, -0.25) is 9.59 Å². The van der Waals surface area contributed by atoms with Crippen LogP contribution in [0.15, 0.2) is 39.9 Å². The molecule has 2 aromatic rings. The Kier molecular flexibility index (Phi) is 4.86. The van der Waals surface area contributed by atoms with Gasteiger partial charge in [0.05, 0.1) is 16.1 Å². The lowest BCUT2D eigenvalue weighted by Gasteiger charge is -2.34. The number of sulfonamides is 1. The number of hydrogen-bond donors (Lipinski definition) is 1. The molecule has 0 saturated carbocycles. The molecule has 0 spiro atoms. The molecular weight excluding hydrogens is 402 g/mol. The predicted molar refractivity (Wildman–Crippen MR) is 104 cm³/mol. The van der Waals surface area contributed by atoms with E-state index in [0.29, 0.717) is 30.1 Å². The summed E-state index contributed by atoms with van der Waals surface area (Å²) in [4.78, 5) is 25.9. The van der Waals surface area contributed by atoms with Gasteiger partial charge in [-0.25, -0.2) is 8.42 Å². The van der Waals surface area contributed by atoms with E-state index in [-0.39, 0.29) is 29.8 Å². The Hall–Kier alpha value is -2.43. The minimum Gasteiger partial charge on any atom is -0.479 e. The number of fused-ring (bicyclic) bond motifs is 1. The van der Waals surface area contributed by atoms with Crippen LogP contribution >= 0.6 is 11.3 Å². The Morgan fingerprint density at radius 3 is 2.64 bits per heavy atom. The maximum atomic E-state index is 13.0. The third kappa shape index (κ3) is 3.38. The van der Waals surface area contributed by atoms with Crippen molar-refractivity contribution in [2.45, 2.75) is 17.9 Å². The second-order valence-electron chi connectivity index (χ2n) is 6.62.